The number of nitrogens with one attached hydrogen (secondary N) is 3. The summed E-state index contributed by atoms with van der Waals surface area (Å²) in [5, 5.41) is 31.0. The second-order valence-corrected chi connectivity index (χ2v) is 13.1. The number of alkyl carbamates (subject to hydrolysis) is 1. The van der Waals surface area contributed by atoms with Gasteiger partial charge in [0.05, 0.1) is 19.3 Å². The van der Waals surface area contributed by atoms with Crippen LogP contribution in [0.5, 0.6) is 0 Å². The lowest BCUT2D eigenvalue weighted by molar-refractivity contribution is -0.131. The predicted octanol–water partition coefficient (Wildman–Crippen LogP) is 3.21. The summed E-state index contributed by atoms with van der Waals surface area (Å²) in [4.78, 5) is 25.8. The van der Waals surface area contributed by atoms with E-state index in [0.717, 1.165) is 22.3 Å². The SMILES string of the molecule is [B]c1ccc(CN(CC[C@](O)(Cc2ccccc2)C(=C)NC2c3ccccc3C[C@H]2O)NC(=O)C(NC(=O)OC)C(C)(C)C)cc1. The van der Waals surface area contributed by atoms with Crippen LogP contribution in [-0.2, 0) is 28.9 Å². The van der Waals surface area contributed by atoms with Gasteiger partial charge in [-0.1, -0.05) is 112 Å². The Morgan fingerprint density at radius 2 is 1.67 bits per heavy atom. The molecule has 9 nitrogen and oxygen atoms in total. The summed E-state index contributed by atoms with van der Waals surface area (Å²) in [6, 6.07) is 23.5. The first-order valence-corrected chi connectivity index (χ1v) is 15.5. The third-order valence-corrected chi connectivity index (χ3v) is 8.43. The lowest BCUT2D eigenvalue weighted by Gasteiger charge is -2.37. The van der Waals surface area contributed by atoms with E-state index < -0.39 is 41.2 Å². The van der Waals surface area contributed by atoms with Gasteiger partial charge in [0.2, 0.25) is 0 Å². The summed E-state index contributed by atoms with van der Waals surface area (Å²) >= 11 is 0. The lowest BCUT2D eigenvalue weighted by atomic mass is 9.86. The maximum absolute atomic E-state index is 13.7. The van der Waals surface area contributed by atoms with E-state index >= 15 is 0 Å². The molecule has 0 bridgehead atoms. The second kappa shape index (κ2) is 15.0. The highest BCUT2D eigenvalue weighted by Gasteiger charge is 2.38. The number of methoxy groups -OCH3 is 1. The van der Waals surface area contributed by atoms with Gasteiger partial charge in [0.1, 0.15) is 19.5 Å². The number of carbonyl (C=O) groups is 2. The molecule has 0 aromatic heterocycles. The molecule has 0 aliphatic heterocycles. The van der Waals surface area contributed by atoms with Crippen molar-refractivity contribution in [1.82, 2.24) is 21.1 Å². The number of nitrogens with zero attached hydrogens (tertiary/aromatic N) is 1. The van der Waals surface area contributed by atoms with Crippen LogP contribution in [0, 0.1) is 5.41 Å². The van der Waals surface area contributed by atoms with Crippen molar-refractivity contribution in [2.45, 2.75) is 70.4 Å². The van der Waals surface area contributed by atoms with Crippen molar-refractivity contribution in [2.75, 3.05) is 13.7 Å². The first-order valence-electron chi connectivity index (χ1n) is 15.5. The van der Waals surface area contributed by atoms with Crippen molar-refractivity contribution >= 4 is 25.3 Å². The van der Waals surface area contributed by atoms with E-state index in [2.05, 4.69) is 22.6 Å². The number of benzene rings is 3. The minimum absolute atomic E-state index is 0.179. The van der Waals surface area contributed by atoms with Gasteiger partial charge < -0.3 is 25.6 Å². The number of amides is 2. The molecule has 2 unspecified atom stereocenters. The molecular formula is C36H45BN4O5. The molecule has 1 aliphatic rings. The Morgan fingerprint density at radius 3 is 2.33 bits per heavy atom. The van der Waals surface area contributed by atoms with E-state index in [0.29, 0.717) is 24.1 Å². The maximum atomic E-state index is 13.7. The molecule has 3 aromatic carbocycles. The molecule has 0 heterocycles. The van der Waals surface area contributed by atoms with Gasteiger partial charge in [0, 0.05) is 31.6 Å². The average Bonchev–Trinajstić information content (AvgIpc) is 3.33. The van der Waals surface area contributed by atoms with Crippen molar-refractivity contribution < 1.29 is 24.5 Å². The Hall–Kier alpha value is -4.12. The topological polar surface area (TPSA) is 123 Å². The van der Waals surface area contributed by atoms with Gasteiger partial charge in [-0.25, -0.2) is 9.80 Å². The Labute approximate surface area is 273 Å². The summed E-state index contributed by atoms with van der Waals surface area (Å²) in [7, 11) is 7.16. The van der Waals surface area contributed by atoms with Crippen LogP contribution in [0.3, 0.4) is 0 Å². The van der Waals surface area contributed by atoms with Gasteiger partial charge in [-0.15, -0.1) is 0 Å². The van der Waals surface area contributed by atoms with Crippen molar-refractivity contribution in [1.29, 1.82) is 0 Å². The van der Waals surface area contributed by atoms with Crippen LogP contribution < -0.4 is 21.5 Å². The normalized spacial score (nSPS) is 17.8. The van der Waals surface area contributed by atoms with E-state index in [1.807, 2.05) is 87.5 Å². The molecule has 242 valence electrons. The Kier molecular flexibility index (Phi) is 11.3. The fraction of sp³-hybridized carbons (Fsp3) is 0.389. The minimum Gasteiger partial charge on any atom is -0.453 e. The molecule has 4 rings (SSSR count). The van der Waals surface area contributed by atoms with Gasteiger partial charge >= 0.3 is 6.09 Å². The molecule has 2 amide bonds. The van der Waals surface area contributed by atoms with Crippen LogP contribution >= 0.6 is 0 Å². The molecule has 5 N–H and O–H groups in total. The molecular weight excluding hydrogens is 579 g/mol. The average molecular weight is 625 g/mol. The lowest BCUT2D eigenvalue weighted by Crippen LogP contribution is -2.57. The van der Waals surface area contributed by atoms with Crippen molar-refractivity contribution in [3.63, 3.8) is 0 Å². The van der Waals surface area contributed by atoms with Crippen LogP contribution in [0.2, 0.25) is 0 Å². The quantitative estimate of drug-likeness (QED) is 0.146. The Bertz CT molecular complexity index is 1490. The standard InChI is InChI=1S/C36H45BN4O5/c1-24(38-31-29-14-10-9-13-27(29)21-30(31)42)36(45,22-25-11-7-6-8-12-25)19-20-41(23-26-15-17-28(37)18-16-26)40-33(43)32(35(2,3)4)39-34(44)46-5/h6-18,30-32,38,42,45H,1,19-23H2,2-5H3,(H,39,44)(H,40,43)/t30-,31?,32?,36+/m1/s1. The Morgan fingerprint density at radius 1 is 1.02 bits per heavy atom. The third-order valence-electron chi connectivity index (χ3n) is 8.43. The van der Waals surface area contributed by atoms with Gasteiger partial charge in [-0.05, 0) is 34.1 Å². The number of carbonyl (C=O) groups excluding carboxylic acids is 2. The third kappa shape index (κ3) is 8.99. The molecule has 1 aliphatic carbocycles. The zero-order valence-electron chi connectivity index (χ0n) is 27.1. The van der Waals surface area contributed by atoms with E-state index in [-0.39, 0.29) is 19.4 Å². The van der Waals surface area contributed by atoms with Gasteiger partial charge in [-0.2, -0.15) is 0 Å². The van der Waals surface area contributed by atoms with Crippen LogP contribution in [0.15, 0.2) is 91.1 Å². The first kappa shape index (κ1) is 34.8. The van der Waals surface area contributed by atoms with E-state index in [1.54, 1.807) is 17.1 Å². The molecule has 4 atom stereocenters. The maximum Gasteiger partial charge on any atom is 0.407 e. The molecule has 0 saturated heterocycles. The number of aliphatic hydroxyl groups excluding tert-OH is 1. The zero-order valence-corrected chi connectivity index (χ0v) is 27.1. The number of fused-ring (bicyclic) bond motifs is 1. The van der Waals surface area contributed by atoms with Crippen molar-refractivity contribution in [2.24, 2.45) is 5.41 Å². The number of hydrazine groups is 1. The molecule has 2 radical (unpaired) electrons. The fourth-order valence-electron chi connectivity index (χ4n) is 5.76. The number of rotatable bonds is 13. The summed E-state index contributed by atoms with van der Waals surface area (Å²) in [5.41, 5.74) is 5.69. The van der Waals surface area contributed by atoms with Crippen molar-refractivity contribution in [3.05, 3.63) is 113 Å². The van der Waals surface area contributed by atoms with Gasteiger partial charge in [-0.3, -0.25) is 10.2 Å². The van der Waals surface area contributed by atoms with Crippen LogP contribution in [0.25, 0.3) is 0 Å². The number of aliphatic hydroxyl groups is 2. The molecule has 3 aromatic rings. The van der Waals surface area contributed by atoms with Crippen LogP contribution in [0.1, 0.15) is 55.5 Å². The highest BCUT2D eigenvalue weighted by molar-refractivity contribution is 6.32. The first-order chi connectivity index (χ1) is 21.8. The monoisotopic (exact) mass is 624 g/mol. The molecule has 46 heavy (non-hydrogen) atoms. The van der Waals surface area contributed by atoms with E-state index in [4.69, 9.17) is 12.6 Å². The largest absolute Gasteiger partial charge is 0.453 e. The zero-order chi connectivity index (χ0) is 33.5. The summed E-state index contributed by atoms with van der Waals surface area (Å²) in [6.45, 7) is 10.3. The predicted molar refractivity (Wildman–Crippen MR) is 180 cm³/mol. The number of hydrogen-bond donors (Lipinski definition) is 5. The molecule has 0 fully saturated rings. The van der Waals surface area contributed by atoms with Gasteiger partial charge in [0.25, 0.3) is 5.91 Å². The second-order valence-electron chi connectivity index (χ2n) is 13.1. The summed E-state index contributed by atoms with van der Waals surface area (Å²) in [5.74, 6) is -0.428. The molecule has 0 saturated carbocycles. The smallest absolute Gasteiger partial charge is 0.407 e. The summed E-state index contributed by atoms with van der Waals surface area (Å²) < 4.78 is 4.77. The van der Waals surface area contributed by atoms with Crippen molar-refractivity contribution in [3.8, 4) is 0 Å². The van der Waals surface area contributed by atoms with Crippen LogP contribution in [-0.4, -0.2) is 66.5 Å². The fourth-order valence-corrected chi connectivity index (χ4v) is 5.76. The van der Waals surface area contributed by atoms with Crippen LogP contribution in [0.4, 0.5) is 4.79 Å². The minimum atomic E-state index is -1.46. The number of ether oxygens (including phenoxy) is 1. The highest BCUT2D eigenvalue weighted by atomic mass is 16.5. The van der Waals surface area contributed by atoms with Gasteiger partial charge in [0.15, 0.2) is 0 Å². The molecule has 10 heteroatoms. The number of hydrogen-bond acceptors (Lipinski definition) is 7. The highest BCUT2D eigenvalue weighted by Crippen LogP contribution is 2.34. The summed E-state index contributed by atoms with van der Waals surface area (Å²) in [6.07, 6.45) is -0.447. The van der Waals surface area contributed by atoms with E-state index in [9.17, 15) is 19.8 Å². The van der Waals surface area contributed by atoms with E-state index in [1.165, 1.54) is 7.11 Å². The Balaban J connectivity index is 1.60. The molecule has 0 spiro atoms.